The Bertz CT molecular complexity index is 393. The van der Waals surface area contributed by atoms with E-state index in [-0.39, 0.29) is 12.3 Å². The van der Waals surface area contributed by atoms with Crippen LogP contribution in [0, 0.1) is 0 Å². The van der Waals surface area contributed by atoms with Gasteiger partial charge in [-0.05, 0) is 65.5 Å². The van der Waals surface area contributed by atoms with Crippen LogP contribution < -0.4 is 5.32 Å². The molecule has 2 aliphatic rings. The highest BCUT2D eigenvalue weighted by Gasteiger charge is 2.33. The Labute approximate surface area is 151 Å². The maximum atomic E-state index is 11.6. The number of rotatable bonds is 4. The van der Waals surface area contributed by atoms with Crippen molar-refractivity contribution in [1.82, 2.24) is 10.2 Å². The average molecular weight is 360 g/mol. The third-order valence-electron chi connectivity index (χ3n) is 4.65. The van der Waals surface area contributed by atoms with Crippen molar-refractivity contribution < 1.29 is 24.9 Å². The van der Waals surface area contributed by atoms with E-state index in [1.807, 2.05) is 6.92 Å². The number of carboxylic acids is 1. The molecule has 2 atom stereocenters. The molecular formula is C18H36N2O5. The molecule has 2 rings (SSSR count). The van der Waals surface area contributed by atoms with Crippen molar-refractivity contribution in [3.63, 3.8) is 0 Å². The van der Waals surface area contributed by atoms with Gasteiger partial charge in [0.05, 0.1) is 0 Å². The Hall–Kier alpha value is -1.18. The number of nitrogens with zero attached hydrogens (tertiary/aromatic N) is 1. The lowest BCUT2D eigenvalue weighted by Gasteiger charge is -2.26. The van der Waals surface area contributed by atoms with E-state index >= 15 is 0 Å². The number of carbonyl (C=O) groups is 2. The van der Waals surface area contributed by atoms with Gasteiger partial charge in [0.15, 0.2) is 5.60 Å². The molecule has 7 nitrogen and oxygen atoms in total. The first-order valence-corrected chi connectivity index (χ1v) is 9.26. The maximum absolute atomic E-state index is 11.6. The van der Waals surface area contributed by atoms with E-state index in [1.165, 1.54) is 32.9 Å². The molecule has 4 N–H and O–H groups in total. The molecule has 0 spiro atoms. The van der Waals surface area contributed by atoms with E-state index in [9.17, 15) is 14.7 Å². The summed E-state index contributed by atoms with van der Waals surface area (Å²) in [4.78, 5) is 23.3. The minimum Gasteiger partial charge on any atom is -0.479 e. The van der Waals surface area contributed by atoms with Gasteiger partial charge >= 0.3 is 5.97 Å². The highest BCUT2D eigenvalue weighted by atomic mass is 16.4. The fraction of sp³-hybridized carbons (Fsp3) is 0.889. The van der Waals surface area contributed by atoms with Gasteiger partial charge in [0.25, 0.3) is 5.91 Å². The predicted octanol–water partition coefficient (Wildman–Crippen LogP) is 1.37. The van der Waals surface area contributed by atoms with Crippen LogP contribution >= 0.6 is 0 Å². The van der Waals surface area contributed by atoms with Crippen LogP contribution in [0.2, 0.25) is 0 Å². The van der Waals surface area contributed by atoms with Crippen molar-refractivity contribution in [1.29, 1.82) is 0 Å². The maximum Gasteiger partial charge on any atom is 0.335 e. The highest BCUT2D eigenvalue weighted by Crippen LogP contribution is 2.17. The molecule has 0 saturated carbocycles. The summed E-state index contributed by atoms with van der Waals surface area (Å²) < 4.78 is 0. The Balaban J connectivity index is 0.000000380. The normalized spacial score (nSPS) is 21.1. The lowest BCUT2D eigenvalue weighted by atomic mass is 10.0. The van der Waals surface area contributed by atoms with E-state index in [4.69, 9.17) is 10.2 Å². The van der Waals surface area contributed by atoms with E-state index in [0.29, 0.717) is 6.42 Å². The molecule has 7 heteroatoms. The van der Waals surface area contributed by atoms with Crippen LogP contribution in [0.5, 0.6) is 0 Å². The molecule has 0 aromatic heterocycles. The summed E-state index contributed by atoms with van der Waals surface area (Å²) in [5.41, 5.74) is -2.69. The molecule has 2 aliphatic heterocycles. The van der Waals surface area contributed by atoms with Crippen molar-refractivity contribution >= 4 is 11.9 Å². The summed E-state index contributed by atoms with van der Waals surface area (Å²) in [7, 11) is 0. The van der Waals surface area contributed by atoms with Gasteiger partial charge in [-0.15, -0.1) is 0 Å². The summed E-state index contributed by atoms with van der Waals surface area (Å²) >= 11 is 0. The van der Waals surface area contributed by atoms with Crippen LogP contribution in [-0.4, -0.2) is 69.5 Å². The molecule has 0 aromatic rings. The molecule has 25 heavy (non-hydrogen) atoms. The van der Waals surface area contributed by atoms with Crippen molar-refractivity contribution in [2.45, 2.75) is 77.4 Å². The molecule has 2 heterocycles. The number of likely N-dealkylation sites (tertiary alicyclic amines) is 1. The fourth-order valence-electron chi connectivity index (χ4n) is 2.19. The van der Waals surface area contributed by atoms with Gasteiger partial charge in [-0.2, -0.15) is 0 Å². The van der Waals surface area contributed by atoms with Crippen LogP contribution in [-0.2, 0) is 9.59 Å². The van der Waals surface area contributed by atoms with Gasteiger partial charge in [-0.3, -0.25) is 4.79 Å². The minimum atomic E-state index is -1.54. The molecule has 0 radical (unpaired) electrons. The van der Waals surface area contributed by atoms with Gasteiger partial charge in [-0.25, -0.2) is 4.79 Å². The average Bonchev–Trinajstić information content (AvgIpc) is 3.30. The Morgan fingerprint density at radius 1 is 0.920 bits per heavy atom. The summed E-state index contributed by atoms with van der Waals surface area (Å²) in [6.45, 7) is 10.4. The molecule has 1 amide bonds. The Morgan fingerprint density at radius 2 is 1.36 bits per heavy atom. The number of hydrogen-bond acceptors (Lipinski definition) is 5. The first kappa shape index (κ1) is 23.8. The summed E-state index contributed by atoms with van der Waals surface area (Å²) in [6.07, 6.45) is 5.65. The number of amides is 1. The Morgan fingerprint density at radius 3 is 1.60 bits per heavy atom. The zero-order valence-corrected chi connectivity index (χ0v) is 16.2. The molecule has 0 aliphatic carbocycles. The summed E-state index contributed by atoms with van der Waals surface area (Å²) in [5, 5.41) is 29.9. The molecule has 2 fully saturated rings. The number of nitrogens with one attached hydrogen (secondary N) is 1. The van der Waals surface area contributed by atoms with Gasteiger partial charge < -0.3 is 25.5 Å². The number of aliphatic carboxylic acids is 1. The fourth-order valence-corrected chi connectivity index (χ4v) is 2.19. The zero-order chi connectivity index (χ0) is 19.5. The van der Waals surface area contributed by atoms with Crippen LogP contribution in [0.1, 0.15) is 66.2 Å². The van der Waals surface area contributed by atoms with Crippen molar-refractivity contribution in [3.8, 4) is 0 Å². The van der Waals surface area contributed by atoms with E-state index in [2.05, 4.69) is 5.32 Å². The molecule has 0 aromatic carbocycles. The zero-order valence-electron chi connectivity index (χ0n) is 16.2. The van der Waals surface area contributed by atoms with Crippen molar-refractivity contribution in [3.05, 3.63) is 0 Å². The number of carbonyl (C=O) groups excluding carboxylic acids is 1. The second kappa shape index (κ2) is 11.4. The van der Waals surface area contributed by atoms with Gasteiger partial charge in [0.1, 0.15) is 5.60 Å². The van der Waals surface area contributed by atoms with Crippen LogP contribution in [0.25, 0.3) is 0 Å². The number of carboxylic acid groups (broad SMARTS) is 1. The van der Waals surface area contributed by atoms with Crippen LogP contribution in [0.4, 0.5) is 0 Å². The van der Waals surface area contributed by atoms with E-state index in [1.54, 1.807) is 18.7 Å². The molecule has 2 saturated heterocycles. The van der Waals surface area contributed by atoms with Crippen LogP contribution in [0.3, 0.4) is 0 Å². The second-order valence-corrected chi connectivity index (χ2v) is 7.02. The molecular weight excluding hydrogens is 324 g/mol. The Kier molecular flexibility index (Phi) is 10.9. The quantitative estimate of drug-likeness (QED) is 0.603. The third-order valence-corrected chi connectivity index (χ3v) is 4.65. The predicted molar refractivity (Wildman–Crippen MR) is 97.4 cm³/mol. The van der Waals surface area contributed by atoms with Gasteiger partial charge in [-0.1, -0.05) is 13.8 Å². The SMILES string of the molecule is C1CCNC1.CC[C@](C)(O)C(=O)N1CCCC1.CC[C@](C)(O)C(=O)O. The second-order valence-electron chi connectivity index (χ2n) is 7.02. The van der Waals surface area contributed by atoms with E-state index in [0.717, 1.165) is 25.9 Å². The lowest BCUT2D eigenvalue weighted by Crippen LogP contribution is -2.45. The third kappa shape index (κ3) is 9.18. The van der Waals surface area contributed by atoms with E-state index < -0.39 is 17.2 Å². The largest absolute Gasteiger partial charge is 0.479 e. The monoisotopic (exact) mass is 360 g/mol. The molecule has 0 bridgehead atoms. The number of aliphatic hydroxyl groups is 2. The topological polar surface area (TPSA) is 110 Å². The first-order valence-electron chi connectivity index (χ1n) is 9.26. The van der Waals surface area contributed by atoms with Crippen molar-refractivity contribution in [2.75, 3.05) is 26.2 Å². The summed E-state index contributed by atoms with van der Waals surface area (Å²) in [5.74, 6) is -1.28. The summed E-state index contributed by atoms with van der Waals surface area (Å²) in [6, 6.07) is 0. The lowest BCUT2D eigenvalue weighted by molar-refractivity contribution is -0.156. The minimum absolute atomic E-state index is 0.109. The van der Waals surface area contributed by atoms with Gasteiger partial charge in [0, 0.05) is 13.1 Å². The highest BCUT2D eigenvalue weighted by molar-refractivity contribution is 5.84. The number of hydrogen-bond donors (Lipinski definition) is 4. The molecule has 0 unspecified atom stereocenters. The molecule has 148 valence electrons. The van der Waals surface area contributed by atoms with Crippen molar-refractivity contribution in [2.24, 2.45) is 0 Å². The van der Waals surface area contributed by atoms with Gasteiger partial charge in [0.2, 0.25) is 0 Å². The smallest absolute Gasteiger partial charge is 0.335 e. The standard InChI is InChI=1S/C9H17NO2.C5H10O3.C4H9N/c1-3-9(2,12)8(11)10-6-4-5-7-10;1-3-5(2,8)4(6)7;1-2-4-5-3-1/h12H,3-7H2,1-2H3;8H,3H2,1-2H3,(H,6,7);5H,1-4H2/t9-;5-;/m00./s1. The van der Waals surface area contributed by atoms with Crippen LogP contribution in [0.15, 0.2) is 0 Å². The first-order chi connectivity index (χ1) is 11.6.